The van der Waals surface area contributed by atoms with Crippen LogP contribution in [0.5, 0.6) is 0 Å². The molecule has 4 heteroatoms. The lowest BCUT2D eigenvalue weighted by atomic mass is 10.0. The largest absolute Gasteiger partial charge is 0.465 e. The first-order valence-corrected chi connectivity index (χ1v) is 6.26. The Hall–Kier alpha value is -2.62. The van der Waals surface area contributed by atoms with Crippen molar-refractivity contribution in [3.63, 3.8) is 0 Å². The Bertz CT molecular complexity index is 739. The van der Waals surface area contributed by atoms with E-state index in [1.54, 1.807) is 10.6 Å². The molecule has 0 amide bonds. The number of benzene rings is 1. The molecule has 100 valence electrons. The molecule has 0 saturated carbocycles. The van der Waals surface area contributed by atoms with E-state index in [4.69, 9.17) is 4.74 Å². The number of fused-ring (bicyclic) bond motifs is 1. The van der Waals surface area contributed by atoms with Gasteiger partial charge in [-0.15, -0.1) is 0 Å². The Labute approximate surface area is 116 Å². The molecule has 0 spiro atoms. The first-order chi connectivity index (χ1) is 9.65. The fourth-order valence-electron chi connectivity index (χ4n) is 2.58. The average molecular weight is 267 g/mol. The molecule has 3 rings (SSSR count). The van der Waals surface area contributed by atoms with E-state index in [0.29, 0.717) is 11.3 Å². The van der Waals surface area contributed by atoms with Crippen molar-refractivity contribution >= 4 is 18.0 Å². The molecule has 0 aliphatic carbocycles. The standard InChI is InChI=1S/C16H13NO3/c1-10-12-8-9-13(18)17(12)15(14(10)16(19)20-2)11-6-4-3-5-7-11/h3-9H,1-2H3. The SMILES string of the molecule is COC(=O)c1c(C)c2n(c1-c1ccccc1)C(=O)C=C2. The molecule has 1 aliphatic rings. The smallest absolute Gasteiger partial charge is 0.340 e. The molecular formula is C16H13NO3. The zero-order valence-electron chi connectivity index (χ0n) is 11.2. The molecular weight excluding hydrogens is 254 g/mol. The summed E-state index contributed by atoms with van der Waals surface area (Å²) in [5.41, 5.74) is 3.37. The summed E-state index contributed by atoms with van der Waals surface area (Å²) in [6.45, 7) is 1.83. The van der Waals surface area contributed by atoms with Crippen LogP contribution in [0.1, 0.15) is 26.4 Å². The van der Waals surface area contributed by atoms with Crippen molar-refractivity contribution < 1.29 is 14.3 Å². The van der Waals surface area contributed by atoms with E-state index < -0.39 is 5.97 Å². The number of ether oxygens (including phenoxy) is 1. The number of aromatic nitrogens is 1. The number of allylic oxidation sites excluding steroid dienone is 1. The van der Waals surface area contributed by atoms with Crippen LogP contribution in [0.25, 0.3) is 17.3 Å². The van der Waals surface area contributed by atoms with Gasteiger partial charge in [0.1, 0.15) is 0 Å². The summed E-state index contributed by atoms with van der Waals surface area (Å²) in [4.78, 5) is 24.1. The van der Waals surface area contributed by atoms with Gasteiger partial charge in [-0.2, -0.15) is 0 Å². The third-order valence-electron chi connectivity index (χ3n) is 3.50. The maximum Gasteiger partial charge on any atom is 0.340 e. The van der Waals surface area contributed by atoms with E-state index in [2.05, 4.69) is 0 Å². The van der Waals surface area contributed by atoms with Crippen molar-refractivity contribution in [3.8, 4) is 11.3 Å². The molecule has 0 unspecified atom stereocenters. The molecule has 0 fully saturated rings. The van der Waals surface area contributed by atoms with Crippen molar-refractivity contribution in [1.29, 1.82) is 0 Å². The number of nitrogens with zero attached hydrogens (tertiary/aromatic N) is 1. The molecule has 0 saturated heterocycles. The molecule has 2 aromatic rings. The zero-order chi connectivity index (χ0) is 14.3. The molecule has 0 radical (unpaired) electrons. The van der Waals surface area contributed by atoms with Gasteiger partial charge in [0.2, 0.25) is 0 Å². The van der Waals surface area contributed by atoms with Crippen LogP contribution >= 0.6 is 0 Å². The van der Waals surface area contributed by atoms with E-state index in [1.165, 1.54) is 13.2 Å². The first-order valence-electron chi connectivity index (χ1n) is 6.26. The van der Waals surface area contributed by atoms with E-state index in [0.717, 1.165) is 16.8 Å². The van der Waals surface area contributed by atoms with Crippen LogP contribution in [0.15, 0.2) is 36.4 Å². The van der Waals surface area contributed by atoms with Crippen molar-refractivity contribution in [2.24, 2.45) is 0 Å². The minimum absolute atomic E-state index is 0.142. The number of hydrogen-bond acceptors (Lipinski definition) is 3. The van der Waals surface area contributed by atoms with Gasteiger partial charge in [-0.1, -0.05) is 30.3 Å². The second-order valence-corrected chi connectivity index (χ2v) is 4.60. The maximum absolute atomic E-state index is 12.1. The zero-order valence-corrected chi connectivity index (χ0v) is 11.2. The second kappa shape index (κ2) is 4.49. The number of carbonyl (C=O) groups excluding carboxylic acids is 2. The summed E-state index contributed by atoms with van der Waals surface area (Å²) < 4.78 is 6.43. The highest BCUT2D eigenvalue weighted by atomic mass is 16.5. The van der Waals surface area contributed by atoms with E-state index in [1.807, 2.05) is 37.3 Å². The third kappa shape index (κ3) is 1.61. The third-order valence-corrected chi connectivity index (χ3v) is 3.50. The normalized spacial score (nSPS) is 12.6. The van der Waals surface area contributed by atoms with Gasteiger partial charge in [-0.3, -0.25) is 9.36 Å². The predicted octanol–water partition coefficient (Wildman–Crippen LogP) is 2.92. The molecule has 2 heterocycles. The lowest BCUT2D eigenvalue weighted by molar-refractivity contribution is 0.0601. The molecule has 20 heavy (non-hydrogen) atoms. The summed E-state index contributed by atoms with van der Waals surface area (Å²) in [7, 11) is 1.34. The van der Waals surface area contributed by atoms with Crippen molar-refractivity contribution in [3.05, 3.63) is 53.2 Å². The Morgan fingerprint density at radius 2 is 1.85 bits per heavy atom. The molecule has 4 nitrogen and oxygen atoms in total. The van der Waals surface area contributed by atoms with Gasteiger partial charge >= 0.3 is 5.97 Å². The van der Waals surface area contributed by atoms with E-state index in [9.17, 15) is 9.59 Å². The monoisotopic (exact) mass is 267 g/mol. The Morgan fingerprint density at radius 3 is 2.50 bits per heavy atom. The number of methoxy groups -OCH3 is 1. The van der Waals surface area contributed by atoms with Crippen LogP contribution in [-0.2, 0) is 4.74 Å². The number of hydrogen-bond donors (Lipinski definition) is 0. The van der Waals surface area contributed by atoms with Gasteiger partial charge in [-0.25, -0.2) is 4.79 Å². The first kappa shape index (κ1) is 12.4. The molecule has 0 N–H and O–H groups in total. The lowest BCUT2D eigenvalue weighted by Gasteiger charge is -2.07. The maximum atomic E-state index is 12.1. The van der Waals surface area contributed by atoms with E-state index >= 15 is 0 Å². The predicted molar refractivity (Wildman–Crippen MR) is 75.6 cm³/mol. The minimum Gasteiger partial charge on any atom is -0.465 e. The summed E-state index contributed by atoms with van der Waals surface area (Å²) in [6.07, 6.45) is 3.24. The summed E-state index contributed by atoms with van der Waals surface area (Å²) >= 11 is 0. The molecule has 1 aliphatic heterocycles. The molecule has 0 atom stereocenters. The topological polar surface area (TPSA) is 48.3 Å². The van der Waals surface area contributed by atoms with Crippen molar-refractivity contribution in [1.82, 2.24) is 4.57 Å². The van der Waals surface area contributed by atoms with Crippen molar-refractivity contribution in [2.45, 2.75) is 6.92 Å². The van der Waals surface area contributed by atoms with Crippen LogP contribution in [0.3, 0.4) is 0 Å². The Morgan fingerprint density at radius 1 is 1.15 bits per heavy atom. The van der Waals surface area contributed by atoms with Gasteiger partial charge in [-0.05, 0) is 24.1 Å². The Balaban J connectivity index is 2.36. The van der Waals surface area contributed by atoms with Gasteiger partial charge in [0.25, 0.3) is 5.91 Å². The second-order valence-electron chi connectivity index (χ2n) is 4.60. The van der Waals surface area contributed by atoms with Crippen LogP contribution in [0.4, 0.5) is 0 Å². The number of carbonyl (C=O) groups is 2. The summed E-state index contributed by atoms with van der Waals surface area (Å²) in [6, 6.07) is 9.39. The number of esters is 1. The van der Waals surface area contributed by atoms with Crippen LogP contribution in [0, 0.1) is 6.92 Å². The summed E-state index contributed by atoms with van der Waals surface area (Å²) in [5.74, 6) is -0.568. The highest BCUT2D eigenvalue weighted by Gasteiger charge is 2.29. The van der Waals surface area contributed by atoms with Crippen molar-refractivity contribution in [2.75, 3.05) is 7.11 Å². The average Bonchev–Trinajstić information content (AvgIpc) is 2.99. The van der Waals surface area contributed by atoms with E-state index in [-0.39, 0.29) is 5.91 Å². The molecule has 1 aromatic carbocycles. The van der Waals surface area contributed by atoms with Crippen LogP contribution < -0.4 is 0 Å². The van der Waals surface area contributed by atoms with Gasteiger partial charge in [0.05, 0.1) is 24.1 Å². The van der Waals surface area contributed by atoms with Gasteiger partial charge in [0.15, 0.2) is 0 Å². The quantitative estimate of drug-likeness (QED) is 0.786. The Kier molecular flexibility index (Phi) is 2.79. The fraction of sp³-hybridized carbons (Fsp3) is 0.125. The number of rotatable bonds is 2. The molecule has 1 aromatic heterocycles. The highest BCUT2D eigenvalue weighted by Crippen LogP contribution is 2.35. The van der Waals surface area contributed by atoms with Crippen LogP contribution in [-0.4, -0.2) is 23.6 Å². The van der Waals surface area contributed by atoms with Gasteiger partial charge in [0, 0.05) is 6.08 Å². The summed E-state index contributed by atoms with van der Waals surface area (Å²) in [5, 5.41) is 0. The minimum atomic E-state index is -0.426. The molecule has 0 bridgehead atoms. The lowest BCUT2D eigenvalue weighted by Crippen LogP contribution is -2.09. The van der Waals surface area contributed by atoms with Gasteiger partial charge < -0.3 is 4.74 Å². The highest BCUT2D eigenvalue weighted by molar-refractivity contribution is 6.09. The van der Waals surface area contributed by atoms with Crippen LogP contribution in [0.2, 0.25) is 0 Å². The fourth-order valence-corrected chi connectivity index (χ4v) is 2.58.